The van der Waals surface area contributed by atoms with Gasteiger partial charge in [0.15, 0.2) is 0 Å². The first-order valence-corrected chi connectivity index (χ1v) is 16.3. The Morgan fingerprint density at radius 3 is 2.61 bits per heavy atom. The third-order valence-corrected chi connectivity index (χ3v) is 11.3. The van der Waals surface area contributed by atoms with Gasteiger partial charge in [-0.1, -0.05) is 48.5 Å². The number of para-hydroxylation sites is 1. The molecule has 1 aliphatic heterocycles. The van der Waals surface area contributed by atoms with E-state index in [2.05, 4.69) is 4.74 Å². The molecular formula is C28H30F2N4O4S3. The molecule has 218 valence electrons. The first-order valence-electron chi connectivity index (χ1n) is 12.9. The van der Waals surface area contributed by atoms with E-state index in [4.69, 9.17) is 5.73 Å². The van der Waals surface area contributed by atoms with E-state index in [9.17, 15) is 22.0 Å². The molecule has 4 aromatic rings. The molecule has 0 aliphatic carbocycles. The Hall–Kier alpha value is -2.97. The number of alkyl halides is 2. The van der Waals surface area contributed by atoms with Crippen LogP contribution in [0.15, 0.2) is 76.3 Å². The van der Waals surface area contributed by atoms with E-state index in [1.54, 1.807) is 63.0 Å². The number of morpholine rings is 1. The number of ether oxygens (including phenoxy) is 1. The highest BCUT2D eigenvalue weighted by Crippen LogP contribution is 2.35. The minimum Gasteiger partial charge on any atom is -0.364 e. The van der Waals surface area contributed by atoms with Gasteiger partial charge in [0.25, 0.3) is 15.9 Å². The molecule has 0 radical (unpaired) electrons. The summed E-state index contributed by atoms with van der Waals surface area (Å²) in [4.78, 5) is 14.3. The maximum absolute atomic E-state index is 14.1. The summed E-state index contributed by atoms with van der Waals surface area (Å²) in [7, 11) is -2.39. The highest BCUT2D eigenvalue weighted by molar-refractivity contribution is 7.99. The number of benzene rings is 2. The zero-order chi connectivity index (χ0) is 29.2. The minimum atomic E-state index is -3.87. The van der Waals surface area contributed by atoms with Crippen LogP contribution in [0.1, 0.15) is 16.1 Å². The highest BCUT2D eigenvalue weighted by atomic mass is 32.2. The van der Waals surface area contributed by atoms with Gasteiger partial charge in [-0.05, 0) is 29.1 Å². The monoisotopic (exact) mass is 620 g/mol. The quantitative estimate of drug-likeness (QED) is 0.258. The van der Waals surface area contributed by atoms with Crippen LogP contribution in [-0.4, -0.2) is 68.4 Å². The predicted molar refractivity (Wildman–Crippen MR) is 159 cm³/mol. The predicted octanol–water partition coefficient (Wildman–Crippen LogP) is 4.85. The second-order valence-electron chi connectivity index (χ2n) is 9.76. The van der Waals surface area contributed by atoms with Gasteiger partial charge < -0.3 is 15.0 Å². The van der Waals surface area contributed by atoms with Crippen LogP contribution in [0.3, 0.4) is 0 Å². The van der Waals surface area contributed by atoms with Crippen molar-refractivity contribution >= 4 is 55.6 Å². The van der Waals surface area contributed by atoms with Crippen LogP contribution in [0.4, 0.5) is 14.5 Å². The average Bonchev–Trinajstić information content (AvgIpc) is 3.61. The molecule has 8 nitrogen and oxygen atoms in total. The molecule has 3 heterocycles. The van der Waals surface area contributed by atoms with Gasteiger partial charge in [0.05, 0.1) is 24.4 Å². The molecule has 1 fully saturated rings. The molecule has 5 rings (SSSR count). The van der Waals surface area contributed by atoms with Crippen LogP contribution >= 0.6 is 23.1 Å². The van der Waals surface area contributed by atoms with Crippen LogP contribution < -0.4 is 10.0 Å². The number of aromatic nitrogens is 1. The van der Waals surface area contributed by atoms with Crippen LogP contribution in [0.25, 0.3) is 10.9 Å². The summed E-state index contributed by atoms with van der Waals surface area (Å²) in [5.41, 5.74) is 8.01. The number of amides is 1. The van der Waals surface area contributed by atoms with Crippen molar-refractivity contribution in [3.8, 4) is 0 Å². The van der Waals surface area contributed by atoms with Crippen LogP contribution in [0, 0.1) is 0 Å². The first-order chi connectivity index (χ1) is 19.5. The largest absolute Gasteiger partial charge is 0.368 e. The third-order valence-electron chi connectivity index (χ3n) is 6.91. The summed E-state index contributed by atoms with van der Waals surface area (Å²) in [6, 6.07) is 19.9. The van der Waals surface area contributed by atoms with Gasteiger partial charge in [0.2, 0.25) is 0 Å². The molecule has 0 bridgehead atoms. The van der Waals surface area contributed by atoms with Crippen molar-refractivity contribution in [1.82, 2.24) is 9.47 Å². The molecule has 2 aromatic heterocycles. The molecule has 1 saturated heterocycles. The Kier molecular flexibility index (Phi) is 8.71. The molecule has 1 amide bonds. The van der Waals surface area contributed by atoms with Gasteiger partial charge in [-0.3, -0.25) is 14.0 Å². The number of thiophene rings is 1. The number of nitrogens with two attached hydrogens (primary N) is 1. The summed E-state index contributed by atoms with van der Waals surface area (Å²) in [6.45, 7) is 0.279. The smallest absolute Gasteiger partial charge is 0.364 e. The second-order valence-corrected chi connectivity index (χ2v) is 14.2. The molecule has 0 saturated carbocycles. The minimum absolute atomic E-state index is 0.0857. The summed E-state index contributed by atoms with van der Waals surface area (Å²) < 4.78 is 62.8. The Labute approximate surface area is 245 Å². The summed E-state index contributed by atoms with van der Waals surface area (Å²) >= 11 is 2.70. The summed E-state index contributed by atoms with van der Waals surface area (Å²) in [6.07, 6.45) is -3.24. The second kappa shape index (κ2) is 12.1. The molecular weight excluding hydrogens is 591 g/mol. The summed E-state index contributed by atoms with van der Waals surface area (Å²) in [5.74, 6) is -0.0442. The number of hydrogen-bond acceptors (Lipinski definition) is 7. The standard InChI is InChI=1S/C28H30F2N4O4S3/c1-32(41(36,37)25-11-6-14-39-25)23-10-5-9-21-15-24(27(31)35)34(26(21)23)17-22(40-18-20-7-3-2-4-8-20)16-33-12-13-38-28(29,30)19-33/h2-11,14-15,22H,12-13,16-19H2,1H3,(H2,31,35). The van der Waals surface area contributed by atoms with Crippen molar-refractivity contribution in [3.63, 3.8) is 0 Å². The van der Waals surface area contributed by atoms with E-state index in [0.29, 0.717) is 35.4 Å². The lowest BCUT2D eigenvalue weighted by Crippen LogP contribution is -2.49. The van der Waals surface area contributed by atoms with E-state index >= 15 is 0 Å². The Morgan fingerprint density at radius 1 is 1.15 bits per heavy atom. The normalized spacial score (nSPS) is 16.6. The van der Waals surface area contributed by atoms with E-state index in [-0.39, 0.29) is 28.3 Å². The fourth-order valence-electron chi connectivity index (χ4n) is 4.94. The zero-order valence-corrected chi connectivity index (χ0v) is 24.7. The maximum atomic E-state index is 14.1. The SMILES string of the molecule is CN(c1cccc2cc(C(N)=O)n(CC(CN3CCOC(F)(F)C3)SCc3ccccc3)c12)S(=O)(=O)c1cccs1. The number of rotatable bonds is 11. The van der Waals surface area contributed by atoms with Crippen molar-refractivity contribution in [2.45, 2.75) is 27.9 Å². The number of anilines is 1. The Bertz CT molecular complexity index is 1610. The van der Waals surface area contributed by atoms with E-state index in [1.165, 1.54) is 11.4 Å². The van der Waals surface area contributed by atoms with Gasteiger partial charge in [-0.25, -0.2) is 8.42 Å². The number of sulfonamides is 1. The molecule has 1 atom stereocenters. The molecule has 13 heteroatoms. The fourth-order valence-corrected chi connectivity index (χ4v) is 8.49. The molecule has 2 N–H and O–H groups in total. The van der Waals surface area contributed by atoms with Gasteiger partial charge >= 0.3 is 6.11 Å². The molecule has 41 heavy (non-hydrogen) atoms. The molecule has 1 unspecified atom stereocenters. The number of thioether (sulfide) groups is 1. The number of primary amides is 1. The van der Waals surface area contributed by atoms with Gasteiger partial charge in [0, 0.05) is 43.1 Å². The maximum Gasteiger partial charge on any atom is 0.368 e. The molecule has 0 spiro atoms. The van der Waals surface area contributed by atoms with Crippen molar-refractivity contribution in [1.29, 1.82) is 0 Å². The van der Waals surface area contributed by atoms with Crippen LogP contribution in [0.5, 0.6) is 0 Å². The lowest BCUT2D eigenvalue weighted by molar-refractivity contribution is -0.269. The van der Waals surface area contributed by atoms with Crippen molar-refractivity contribution in [2.24, 2.45) is 5.73 Å². The van der Waals surface area contributed by atoms with Gasteiger partial charge in [-0.2, -0.15) is 20.5 Å². The Morgan fingerprint density at radius 2 is 1.93 bits per heavy atom. The van der Waals surface area contributed by atoms with Crippen LogP contribution in [0.2, 0.25) is 0 Å². The van der Waals surface area contributed by atoms with E-state index in [0.717, 1.165) is 16.9 Å². The number of hydrogen-bond donors (Lipinski definition) is 1. The van der Waals surface area contributed by atoms with E-state index < -0.39 is 28.6 Å². The van der Waals surface area contributed by atoms with Gasteiger partial charge in [0.1, 0.15) is 9.90 Å². The van der Waals surface area contributed by atoms with Crippen molar-refractivity contribution < 1.29 is 26.7 Å². The topological polar surface area (TPSA) is 97.9 Å². The van der Waals surface area contributed by atoms with E-state index in [1.807, 2.05) is 30.3 Å². The first kappa shape index (κ1) is 29.5. The average molecular weight is 621 g/mol. The highest BCUT2D eigenvalue weighted by Gasteiger charge is 2.37. The zero-order valence-electron chi connectivity index (χ0n) is 22.3. The van der Waals surface area contributed by atoms with Gasteiger partial charge in [-0.15, -0.1) is 11.3 Å². The van der Waals surface area contributed by atoms with Crippen molar-refractivity contribution in [2.75, 3.05) is 37.6 Å². The molecule has 2 aromatic carbocycles. The lowest BCUT2D eigenvalue weighted by atomic mass is 10.2. The summed E-state index contributed by atoms with van der Waals surface area (Å²) in [5, 5.41) is 2.10. The van der Waals surface area contributed by atoms with Crippen molar-refractivity contribution in [3.05, 3.63) is 83.4 Å². The Balaban J connectivity index is 1.54. The number of carbonyl (C=O) groups excluding carboxylic acids is 1. The van der Waals surface area contributed by atoms with Crippen LogP contribution in [-0.2, 0) is 27.1 Å². The third kappa shape index (κ3) is 6.59. The number of carbonyl (C=O) groups is 1. The number of nitrogens with zero attached hydrogens (tertiary/aromatic N) is 3. The lowest BCUT2D eigenvalue weighted by Gasteiger charge is -2.34. The number of fused-ring (bicyclic) bond motifs is 1. The fraction of sp³-hybridized carbons (Fsp3) is 0.321. The number of halogens is 2. The molecule has 1 aliphatic rings.